The predicted molar refractivity (Wildman–Crippen MR) is 62.4 cm³/mol. The normalized spacial score (nSPS) is 15.3. The Hall–Kier alpha value is -0.450. The molecule has 0 saturated heterocycles. The van der Waals surface area contributed by atoms with Crippen LogP contribution < -0.4 is 0 Å². The van der Waals surface area contributed by atoms with Crippen molar-refractivity contribution in [2.45, 2.75) is 39.7 Å². The topological polar surface area (TPSA) is 42.4 Å². The SMILES string of the molecule is CCOCC(C)(O)Cc1nc(C)c(C)s1. The van der Waals surface area contributed by atoms with Crippen LogP contribution in [0, 0.1) is 13.8 Å². The van der Waals surface area contributed by atoms with Gasteiger partial charge in [-0.05, 0) is 27.7 Å². The molecule has 1 N–H and O–H groups in total. The van der Waals surface area contributed by atoms with Crippen LogP contribution in [0.3, 0.4) is 0 Å². The zero-order valence-corrected chi connectivity index (χ0v) is 10.6. The van der Waals surface area contributed by atoms with Crippen LogP contribution in [0.15, 0.2) is 0 Å². The van der Waals surface area contributed by atoms with Crippen molar-refractivity contribution in [1.29, 1.82) is 0 Å². The molecule has 86 valence electrons. The summed E-state index contributed by atoms with van der Waals surface area (Å²) in [7, 11) is 0. The second-order valence-electron chi connectivity index (χ2n) is 4.06. The maximum absolute atomic E-state index is 10.0. The summed E-state index contributed by atoms with van der Waals surface area (Å²) in [6.45, 7) is 8.75. The molecule has 0 spiro atoms. The van der Waals surface area contributed by atoms with Crippen LogP contribution in [0.4, 0.5) is 0 Å². The van der Waals surface area contributed by atoms with Crippen LogP contribution in [-0.4, -0.2) is 28.9 Å². The smallest absolute Gasteiger partial charge is 0.0960 e. The number of rotatable bonds is 5. The van der Waals surface area contributed by atoms with Crippen molar-refractivity contribution in [3.8, 4) is 0 Å². The highest BCUT2D eigenvalue weighted by Crippen LogP contribution is 2.21. The monoisotopic (exact) mass is 229 g/mol. The molecule has 1 aromatic heterocycles. The Bertz CT molecular complexity index is 301. The Morgan fingerprint density at radius 2 is 2.13 bits per heavy atom. The first-order valence-electron chi connectivity index (χ1n) is 5.17. The summed E-state index contributed by atoms with van der Waals surface area (Å²) in [5, 5.41) is 11.0. The molecule has 0 aliphatic rings. The minimum Gasteiger partial charge on any atom is -0.387 e. The molecule has 1 rings (SSSR count). The maximum Gasteiger partial charge on any atom is 0.0960 e. The highest BCUT2D eigenvalue weighted by molar-refractivity contribution is 7.11. The van der Waals surface area contributed by atoms with Gasteiger partial charge in [-0.3, -0.25) is 0 Å². The molecule has 0 amide bonds. The lowest BCUT2D eigenvalue weighted by Crippen LogP contribution is -2.33. The highest BCUT2D eigenvalue weighted by atomic mass is 32.1. The van der Waals surface area contributed by atoms with E-state index in [0.29, 0.717) is 19.6 Å². The van der Waals surface area contributed by atoms with E-state index >= 15 is 0 Å². The molecular formula is C11H19NO2S. The fourth-order valence-corrected chi connectivity index (χ4v) is 2.43. The van der Waals surface area contributed by atoms with Crippen molar-refractivity contribution in [3.63, 3.8) is 0 Å². The zero-order chi connectivity index (χ0) is 11.5. The Morgan fingerprint density at radius 3 is 2.60 bits per heavy atom. The molecule has 3 nitrogen and oxygen atoms in total. The quantitative estimate of drug-likeness (QED) is 0.840. The lowest BCUT2D eigenvalue weighted by Gasteiger charge is -2.21. The first-order chi connectivity index (χ1) is 6.94. The number of ether oxygens (including phenoxy) is 1. The van der Waals surface area contributed by atoms with E-state index in [4.69, 9.17) is 4.74 Å². The first-order valence-corrected chi connectivity index (χ1v) is 5.99. The Labute approximate surface area is 95.1 Å². The van der Waals surface area contributed by atoms with Gasteiger partial charge in [0.1, 0.15) is 0 Å². The largest absolute Gasteiger partial charge is 0.387 e. The second-order valence-corrected chi connectivity index (χ2v) is 5.35. The zero-order valence-electron chi connectivity index (χ0n) is 9.83. The van der Waals surface area contributed by atoms with Gasteiger partial charge in [0, 0.05) is 17.9 Å². The molecule has 0 radical (unpaired) electrons. The lowest BCUT2D eigenvalue weighted by molar-refractivity contribution is -0.0296. The van der Waals surface area contributed by atoms with Crippen molar-refractivity contribution < 1.29 is 9.84 Å². The first kappa shape index (κ1) is 12.6. The minimum atomic E-state index is -0.813. The van der Waals surface area contributed by atoms with Crippen LogP contribution in [0.25, 0.3) is 0 Å². The summed E-state index contributed by atoms with van der Waals surface area (Å²) < 4.78 is 5.23. The van der Waals surface area contributed by atoms with E-state index in [1.54, 1.807) is 18.3 Å². The maximum atomic E-state index is 10.0. The van der Waals surface area contributed by atoms with E-state index < -0.39 is 5.60 Å². The molecule has 0 aliphatic heterocycles. The van der Waals surface area contributed by atoms with Crippen molar-refractivity contribution in [2.75, 3.05) is 13.2 Å². The summed E-state index contributed by atoms with van der Waals surface area (Å²) >= 11 is 1.65. The summed E-state index contributed by atoms with van der Waals surface area (Å²) in [5.74, 6) is 0. The van der Waals surface area contributed by atoms with Gasteiger partial charge < -0.3 is 9.84 Å². The number of aromatic nitrogens is 1. The third kappa shape index (κ3) is 3.89. The second kappa shape index (κ2) is 5.05. The van der Waals surface area contributed by atoms with Gasteiger partial charge in [-0.1, -0.05) is 0 Å². The van der Waals surface area contributed by atoms with Gasteiger partial charge in [-0.15, -0.1) is 11.3 Å². The average molecular weight is 229 g/mol. The van der Waals surface area contributed by atoms with E-state index in [9.17, 15) is 5.11 Å². The van der Waals surface area contributed by atoms with Crippen LogP contribution in [-0.2, 0) is 11.2 Å². The Balaban J connectivity index is 2.60. The lowest BCUT2D eigenvalue weighted by atomic mass is 10.0. The number of hydrogen-bond donors (Lipinski definition) is 1. The number of aliphatic hydroxyl groups is 1. The number of nitrogens with zero attached hydrogens (tertiary/aromatic N) is 1. The van der Waals surface area contributed by atoms with E-state index in [1.165, 1.54) is 4.88 Å². The van der Waals surface area contributed by atoms with E-state index in [2.05, 4.69) is 4.98 Å². The van der Waals surface area contributed by atoms with Crippen LogP contribution >= 0.6 is 11.3 Å². The third-order valence-corrected chi connectivity index (χ3v) is 3.29. The molecule has 4 heteroatoms. The Kier molecular flexibility index (Phi) is 4.25. The van der Waals surface area contributed by atoms with Gasteiger partial charge in [-0.2, -0.15) is 0 Å². The average Bonchev–Trinajstić information content (AvgIpc) is 2.41. The molecule has 0 aromatic carbocycles. The van der Waals surface area contributed by atoms with Gasteiger partial charge in [0.05, 0.1) is 22.9 Å². The van der Waals surface area contributed by atoms with E-state index in [-0.39, 0.29) is 0 Å². The van der Waals surface area contributed by atoms with Crippen molar-refractivity contribution >= 4 is 11.3 Å². The van der Waals surface area contributed by atoms with E-state index in [1.807, 2.05) is 20.8 Å². The van der Waals surface area contributed by atoms with Gasteiger partial charge in [-0.25, -0.2) is 4.98 Å². The fraction of sp³-hybridized carbons (Fsp3) is 0.727. The third-order valence-electron chi connectivity index (χ3n) is 2.22. The van der Waals surface area contributed by atoms with Crippen LogP contribution in [0.1, 0.15) is 29.4 Å². The van der Waals surface area contributed by atoms with Gasteiger partial charge in [0.2, 0.25) is 0 Å². The molecule has 1 aromatic rings. The number of aryl methyl sites for hydroxylation is 2. The summed E-state index contributed by atoms with van der Waals surface area (Å²) in [6.07, 6.45) is 0.562. The summed E-state index contributed by atoms with van der Waals surface area (Å²) in [6, 6.07) is 0. The van der Waals surface area contributed by atoms with Crippen molar-refractivity contribution in [1.82, 2.24) is 4.98 Å². The number of thiazole rings is 1. The summed E-state index contributed by atoms with van der Waals surface area (Å²) in [5.41, 5.74) is 0.245. The van der Waals surface area contributed by atoms with Gasteiger partial charge in [0.25, 0.3) is 0 Å². The molecule has 0 saturated carbocycles. The molecule has 1 unspecified atom stereocenters. The van der Waals surface area contributed by atoms with Crippen molar-refractivity contribution in [3.05, 3.63) is 15.6 Å². The molecular weight excluding hydrogens is 210 g/mol. The van der Waals surface area contributed by atoms with Crippen LogP contribution in [0.5, 0.6) is 0 Å². The Morgan fingerprint density at radius 1 is 1.47 bits per heavy atom. The van der Waals surface area contributed by atoms with Crippen molar-refractivity contribution in [2.24, 2.45) is 0 Å². The molecule has 1 heterocycles. The van der Waals surface area contributed by atoms with Gasteiger partial charge in [0.15, 0.2) is 0 Å². The van der Waals surface area contributed by atoms with Crippen LogP contribution in [0.2, 0.25) is 0 Å². The standard InChI is InChI=1S/C11H19NO2S/c1-5-14-7-11(4,13)6-10-12-8(2)9(3)15-10/h13H,5-7H2,1-4H3. The number of hydrogen-bond acceptors (Lipinski definition) is 4. The molecule has 1 atom stereocenters. The molecule has 0 aliphatic carbocycles. The molecule has 0 fully saturated rings. The highest BCUT2D eigenvalue weighted by Gasteiger charge is 2.23. The molecule has 0 bridgehead atoms. The summed E-state index contributed by atoms with van der Waals surface area (Å²) in [4.78, 5) is 5.63. The predicted octanol–water partition coefficient (Wildman–Crippen LogP) is 2.09. The fourth-order valence-electron chi connectivity index (χ4n) is 1.31. The van der Waals surface area contributed by atoms with Gasteiger partial charge >= 0.3 is 0 Å². The minimum absolute atomic E-state index is 0.362. The molecule has 15 heavy (non-hydrogen) atoms. The van der Waals surface area contributed by atoms with E-state index in [0.717, 1.165) is 10.7 Å².